The normalized spacial score (nSPS) is 13.2. The predicted molar refractivity (Wildman–Crippen MR) is 107 cm³/mol. The molecular formula is C21H20FN3O2S. The third kappa shape index (κ3) is 4.59. The number of amides is 1. The molecule has 1 aromatic heterocycles. The second-order valence-electron chi connectivity index (χ2n) is 6.70. The van der Waals surface area contributed by atoms with E-state index in [4.69, 9.17) is 4.42 Å². The molecule has 0 saturated carbocycles. The molecule has 0 fully saturated rings. The van der Waals surface area contributed by atoms with E-state index in [0.717, 1.165) is 23.3 Å². The van der Waals surface area contributed by atoms with E-state index in [1.165, 1.54) is 47.9 Å². The molecule has 0 saturated heterocycles. The van der Waals surface area contributed by atoms with Crippen LogP contribution in [-0.2, 0) is 17.6 Å². The lowest BCUT2D eigenvalue weighted by molar-refractivity contribution is -0.115. The van der Waals surface area contributed by atoms with E-state index in [1.54, 1.807) is 12.1 Å². The van der Waals surface area contributed by atoms with Gasteiger partial charge in [0.15, 0.2) is 0 Å². The zero-order chi connectivity index (χ0) is 19.3. The van der Waals surface area contributed by atoms with Crippen LogP contribution in [0, 0.1) is 5.82 Å². The van der Waals surface area contributed by atoms with Gasteiger partial charge in [0.1, 0.15) is 5.82 Å². The molecule has 2 aromatic carbocycles. The highest BCUT2D eigenvalue weighted by atomic mass is 32.2. The number of nitrogens with zero attached hydrogens (tertiary/aromatic N) is 2. The van der Waals surface area contributed by atoms with E-state index < -0.39 is 0 Å². The lowest BCUT2D eigenvalue weighted by Gasteiger charge is -2.15. The Kier molecular flexibility index (Phi) is 5.71. The number of carbonyl (C=O) groups is 1. The molecule has 0 aliphatic heterocycles. The van der Waals surface area contributed by atoms with Gasteiger partial charge in [-0.1, -0.05) is 11.2 Å². The van der Waals surface area contributed by atoms with Crippen LogP contribution in [-0.4, -0.2) is 21.9 Å². The fourth-order valence-electron chi connectivity index (χ4n) is 3.23. The van der Waals surface area contributed by atoms with Crippen LogP contribution < -0.4 is 5.32 Å². The van der Waals surface area contributed by atoms with Gasteiger partial charge in [0.05, 0.1) is 0 Å². The maximum absolute atomic E-state index is 12.9. The lowest BCUT2D eigenvalue weighted by atomic mass is 9.90. The van der Waals surface area contributed by atoms with E-state index in [9.17, 15) is 9.18 Å². The maximum Gasteiger partial charge on any atom is 0.322 e. The molecule has 3 aromatic rings. The van der Waals surface area contributed by atoms with Crippen LogP contribution >= 0.6 is 11.8 Å². The number of nitrogens with one attached hydrogen (secondary N) is 1. The van der Waals surface area contributed by atoms with E-state index in [1.807, 2.05) is 6.07 Å². The van der Waals surface area contributed by atoms with Gasteiger partial charge in [0.2, 0.25) is 11.8 Å². The fraction of sp³-hybridized carbons (Fsp3) is 0.286. The van der Waals surface area contributed by atoms with Crippen LogP contribution in [0.5, 0.6) is 0 Å². The molecule has 28 heavy (non-hydrogen) atoms. The maximum atomic E-state index is 12.9. The van der Waals surface area contributed by atoms with Crippen LogP contribution in [0.15, 0.2) is 51.8 Å². The summed E-state index contributed by atoms with van der Waals surface area (Å²) in [5.74, 6) is 0.511. The van der Waals surface area contributed by atoms with Gasteiger partial charge in [-0.25, -0.2) is 4.39 Å². The van der Waals surface area contributed by atoms with Gasteiger partial charge in [-0.15, -0.1) is 16.9 Å². The van der Waals surface area contributed by atoms with Crippen molar-refractivity contribution in [3.63, 3.8) is 0 Å². The minimum Gasteiger partial charge on any atom is -0.403 e. The van der Waals surface area contributed by atoms with E-state index >= 15 is 0 Å². The largest absolute Gasteiger partial charge is 0.403 e. The molecule has 1 heterocycles. The molecule has 144 valence electrons. The number of hydrogen-bond acceptors (Lipinski definition) is 5. The molecule has 7 heteroatoms. The quantitative estimate of drug-likeness (QED) is 0.601. The van der Waals surface area contributed by atoms with E-state index in [0.29, 0.717) is 18.1 Å². The fourth-order valence-corrected chi connectivity index (χ4v) is 4.08. The van der Waals surface area contributed by atoms with Gasteiger partial charge in [-0.3, -0.25) is 10.1 Å². The van der Waals surface area contributed by atoms with Crippen molar-refractivity contribution in [1.82, 2.24) is 10.2 Å². The second-order valence-corrected chi connectivity index (χ2v) is 7.87. The van der Waals surface area contributed by atoms with Crippen LogP contribution in [0.25, 0.3) is 11.5 Å². The van der Waals surface area contributed by atoms with Gasteiger partial charge < -0.3 is 4.42 Å². The molecule has 1 amide bonds. The molecule has 0 radical (unpaired) electrons. The Bertz CT molecular complexity index is 972. The monoisotopic (exact) mass is 397 g/mol. The summed E-state index contributed by atoms with van der Waals surface area (Å²) in [5, 5.41) is 10.6. The van der Waals surface area contributed by atoms with Crippen molar-refractivity contribution in [2.45, 2.75) is 37.0 Å². The van der Waals surface area contributed by atoms with Crippen molar-refractivity contribution < 1.29 is 13.6 Å². The molecular weight excluding hydrogens is 377 g/mol. The highest BCUT2D eigenvalue weighted by molar-refractivity contribution is 7.99. The number of halogens is 1. The van der Waals surface area contributed by atoms with Crippen LogP contribution in [0.1, 0.15) is 30.4 Å². The van der Waals surface area contributed by atoms with Crippen molar-refractivity contribution >= 4 is 23.7 Å². The van der Waals surface area contributed by atoms with Gasteiger partial charge in [-0.2, -0.15) is 0 Å². The smallest absolute Gasteiger partial charge is 0.322 e. The summed E-state index contributed by atoms with van der Waals surface area (Å²) in [6.45, 7) is 0. The number of carbonyl (C=O) groups excluding carboxylic acids is 1. The zero-order valence-corrected chi connectivity index (χ0v) is 16.1. The van der Waals surface area contributed by atoms with Gasteiger partial charge in [0, 0.05) is 22.6 Å². The third-order valence-corrected chi connectivity index (χ3v) is 5.69. The van der Waals surface area contributed by atoms with Crippen LogP contribution in [0.3, 0.4) is 0 Å². The Labute approximate surface area is 166 Å². The Hall–Kier alpha value is -2.67. The standard InChI is InChI=1S/C21H20FN3O2S/c22-17-7-9-18(10-8-17)28-12-11-19(26)23-21-25-24-20(27-21)16-6-5-14-3-1-2-4-15(14)13-16/h5-10,13H,1-4,11-12H2,(H,23,25,26). The first-order valence-corrected chi connectivity index (χ1v) is 10.3. The van der Waals surface area contributed by atoms with Crippen LogP contribution in [0.4, 0.5) is 10.4 Å². The lowest BCUT2D eigenvalue weighted by Crippen LogP contribution is -2.12. The summed E-state index contributed by atoms with van der Waals surface area (Å²) in [5.41, 5.74) is 3.60. The average Bonchev–Trinajstić information content (AvgIpc) is 3.17. The number of thioether (sulfide) groups is 1. The molecule has 1 aliphatic rings. The molecule has 0 bridgehead atoms. The van der Waals surface area contributed by atoms with Gasteiger partial charge >= 0.3 is 6.01 Å². The third-order valence-electron chi connectivity index (χ3n) is 4.68. The van der Waals surface area contributed by atoms with Crippen molar-refractivity contribution in [3.8, 4) is 11.5 Å². The Balaban J connectivity index is 1.31. The highest BCUT2D eigenvalue weighted by Crippen LogP contribution is 2.27. The summed E-state index contributed by atoms with van der Waals surface area (Å²) < 4.78 is 18.5. The molecule has 5 nitrogen and oxygen atoms in total. The van der Waals surface area contributed by atoms with Crippen LogP contribution in [0.2, 0.25) is 0 Å². The topological polar surface area (TPSA) is 68.0 Å². The SMILES string of the molecule is O=C(CCSc1ccc(F)cc1)Nc1nnc(-c2ccc3c(c2)CCCC3)o1. The number of aryl methyl sites for hydroxylation is 2. The first kappa shape index (κ1) is 18.7. The molecule has 0 spiro atoms. The van der Waals surface area contributed by atoms with Crippen molar-refractivity contribution in [2.24, 2.45) is 0 Å². The minimum absolute atomic E-state index is 0.101. The predicted octanol–water partition coefficient (Wildman–Crippen LogP) is 4.88. The Morgan fingerprint density at radius 3 is 2.68 bits per heavy atom. The van der Waals surface area contributed by atoms with E-state index in [-0.39, 0.29) is 17.7 Å². The first-order valence-electron chi connectivity index (χ1n) is 9.31. The van der Waals surface area contributed by atoms with Crippen molar-refractivity contribution in [2.75, 3.05) is 11.1 Å². The number of aromatic nitrogens is 2. The minimum atomic E-state index is -0.270. The molecule has 0 atom stereocenters. The summed E-state index contributed by atoms with van der Waals surface area (Å²) in [4.78, 5) is 13.0. The number of benzene rings is 2. The number of fused-ring (bicyclic) bond motifs is 1. The van der Waals surface area contributed by atoms with Gasteiger partial charge in [-0.05, 0) is 73.2 Å². The highest BCUT2D eigenvalue weighted by Gasteiger charge is 2.15. The summed E-state index contributed by atoms with van der Waals surface area (Å²) >= 11 is 1.49. The van der Waals surface area contributed by atoms with E-state index in [2.05, 4.69) is 27.6 Å². The number of hydrogen-bond donors (Lipinski definition) is 1. The second kappa shape index (κ2) is 8.56. The van der Waals surface area contributed by atoms with Gasteiger partial charge in [0.25, 0.3) is 0 Å². The summed E-state index contributed by atoms with van der Waals surface area (Å²) in [6, 6.07) is 12.5. The van der Waals surface area contributed by atoms with Crippen molar-refractivity contribution in [1.29, 1.82) is 0 Å². The summed E-state index contributed by atoms with van der Waals surface area (Å²) in [6.07, 6.45) is 4.93. The summed E-state index contributed by atoms with van der Waals surface area (Å²) in [7, 11) is 0. The molecule has 1 aliphatic carbocycles. The zero-order valence-electron chi connectivity index (χ0n) is 15.3. The number of rotatable bonds is 6. The molecule has 0 unspecified atom stereocenters. The average molecular weight is 397 g/mol. The first-order chi connectivity index (χ1) is 13.7. The Morgan fingerprint density at radius 1 is 1.07 bits per heavy atom. The molecule has 1 N–H and O–H groups in total. The van der Waals surface area contributed by atoms with Crippen molar-refractivity contribution in [3.05, 3.63) is 59.4 Å². The molecule has 4 rings (SSSR count). The number of anilines is 1. The Morgan fingerprint density at radius 2 is 1.86 bits per heavy atom.